The Bertz CT molecular complexity index is 110. The van der Waals surface area contributed by atoms with Gasteiger partial charge in [0.2, 0.25) is 6.69 Å². The van der Waals surface area contributed by atoms with Crippen molar-refractivity contribution >= 4 is 28.9 Å². The van der Waals surface area contributed by atoms with E-state index in [0.717, 1.165) is 6.04 Å². The zero-order valence-corrected chi connectivity index (χ0v) is 11.4. The zero-order valence-electron chi connectivity index (χ0n) is 8.91. The zero-order chi connectivity index (χ0) is 10.2. The van der Waals surface area contributed by atoms with Crippen molar-refractivity contribution in [3.05, 3.63) is 0 Å². The molecule has 0 aromatic heterocycles. The molecular weight excluding hydrogens is 219 g/mol. The van der Waals surface area contributed by atoms with E-state index in [4.69, 9.17) is 22.2 Å². The summed E-state index contributed by atoms with van der Waals surface area (Å²) < 4.78 is 0. The highest BCUT2D eigenvalue weighted by atomic mass is 35.7. The second-order valence-electron chi connectivity index (χ2n) is 3.94. The van der Waals surface area contributed by atoms with Crippen LogP contribution in [0.15, 0.2) is 0 Å². The van der Waals surface area contributed by atoms with Crippen LogP contribution in [-0.2, 0) is 0 Å². The molecule has 80 valence electrons. The Morgan fingerprint density at radius 2 is 1.31 bits per heavy atom. The van der Waals surface area contributed by atoms with Crippen LogP contribution in [0, 0.1) is 0 Å². The number of unbranched alkanes of at least 4 members (excludes halogenated alkanes) is 6. The number of halogens is 2. The fraction of sp³-hybridized carbons (Fsp3) is 1.00. The first kappa shape index (κ1) is 13.8. The summed E-state index contributed by atoms with van der Waals surface area (Å²) in [5.74, 6) is 0. The lowest BCUT2D eigenvalue weighted by atomic mass is 10.1. The van der Waals surface area contributed by atoms with Gasteiger partial charge in [0.15, 0.2) is 0 Å². The summed E-state index contributed by atoms with van der Waals surface area (Å²) in [6.07, 6.45) is 9.39. The molecule has 0 aromatic rings. The topological polar surface area (TPSA) is 0 Å². The minimum atomic E-state index is -1.79. The summed E-state index contributed by atoms with van der Waals surface area (Å²) in [5, 5.41) is 0. The Morgan fingerprint density at radius 3 is 1.77 bits per heavy atom. The third kappa shape index (κ3) is 12.8. The summed E-state index contributed by atoms with van der Waals surface area (Å²) in [5.41, 5.74) is 0. The quantitative estimate of drug-likeness (QED) is 0.308. The first-order valence-corrected chi connectivity index (χ1v) is 10.2. The van der Waals surface area contributed by atoms with E-state index in [2.05, 4.69) is 6.92 Å². The lowest BCUT2D eigenvalue weighted by Gasteiger charge is -2.08. The van der Waals surface area contributed by atoms with E-state index < -0.39 is 6.69 Å². The fourth-order valence-electron chi connectivity index (χ4n) is 1.39. The molecule has 0 fully saturated rings. The molecule has 0 radical (unpaired) electrons. The standard InChI is InChI=1S/C10H22Cl2Si/c1-3-4-5-6-7-8-9-10-13(2,11)12/h3-10H2,1-2H3. The molecule has 0 amide bonds. The third-order valence-electron chi connectivity index (χ3n) is 2.22. The third-order valence-corrected chi connectivity index (χ3v) is 4.58. The number of rotatable bonds is 8. The van der Waals surface area contributed by atoms with Crippen LogP contribution in [0.4, 0.5) is 0 Å². The molecule has 0 saturated heterocycles. The van der Waals surface area contributed by atoms with Crippen LogP contribution < -0.4 is 0 Å². The molecule has 0 atom stereocenters. The van der Waals surface area contributed by atoms with E-state index in [1.165, 1.54) is 44.9 Å². The highest BCUT2D eigenvalue weighted by Crippen LogP contribution is 2.23. The van der Waals surface area contributed by atoms with Crippen LogP contribution in [0.3, 0.4) is 0 Å². The van der Waals surface area contributed by atoms with E-state index in [1.54, 1.807) is 0 Å². The molecule has 0 saturated carbocycles. The Morgan fingerprint density at radius 1 is 0.846 bits per heavy atom. The van der Waals surface area contributed by atoms with E-state index in [1.807, 2.05) is 6.55 Å². The molecule has 3 heteroatoms. The van der Waals surface area contributed by atoms with Gasteiger partial charge in [0, 0.05) is 0 Å². The lowest BCUT2D eigenvalue weighted by molar-refractivity contribution is 0.601. The number of hydrogen-bond donors (Lipinski definition) is 0. The maximum atomic E-state index is 6.00. The van der Waals surface area contributed by atoms with Gasteiger partial charge in [0.25, 0.3) is 0 Å². The molecule has 0 aliphatic carbocycles. The van der Waals surface area contributed by atoms with E-state index >= 15 is 0 Å². The Kier molecular flexibility index (Phi) is 8.63. The molecular formula is C10H22Cl2Si. The van der Waals surface area contributed by atoms with Gasteiger partial charge in [-0.3, -0.25) is 0 Å². The molecule has 0 spiro atoms. The molecule has 13 heavy (non-hydrogen) atoms. The second-order valence-corrected chi connectivity index (χ2v) is 12.2. The molecule has 0 N–H and O–H groups in total. The van der Waals surface area contributed by atoms with Gasteiger partial charge < -0.3 is 0 Å². The van der Waals surface area contributed by atoms with Gasteiger partial charge in [-0.1, -0.05) is 51.9 Å². The van der Waals surface area contributed by atoms with Crippen molar-refractivity contribution in [3.8, 4) is 0 Å². The minimum absolute atomic E-state index is 1.06. The summed E-state index contributed by atoms with van der Waals surface area (Å²) in [7, 11) is 0. The molecule has 0 aliphatic heterocycles. The Labute approximate surface area is 93.4 Å². The van der Waals surface area contributed by atoms with Crippen LogP contribution in [-0.4, -0.2) is 6.69 Å². The molecule has 0 aliphatic rings. The molecule has 0 bridgehead atoms. The van der Waals surface area contributed by atoms with Crippen molar-refractivity contribution in [2.45, 2.75) is 64.5 Å². The predicted molar refractivity (Wildman–Crippen MR) is 66.1 cm³/mol. The maximum Gasteiger partial charge on any atom is 0.248 e. The lowest BCUT2D eigenvalue weighted by Crippen LogP contribution is -2.11. The maximum absolute atomic E-state index is 6.00. The van der Waals surface area contributed by atoms with Crippen LogP contribution in [0.2, 0.25) is 12.6 Å². The summed E-state index contributed by atoms with van der Waals surface area (Å²) in [6, 6.07) is 1.06. The smallest absolute Gasteiger partial charge is 0.146 e. The van der Waals surface area contributed by atoms with Gasteiger partial charge in [-0.2, -0.15) is 0 Å². The van der Waals surface area contributed by atoms with Gasteiger partial charge in [-0.15, -0.1) is 22.2 Å². The molecule has 0 aromatic carbocycles. The van der Waals surface area contributed by atoms with Crippen LogP contribution in [0.5, 0.6) is 0 Å². The van der Waals surface area contributed by atoms with E-state index in [9.17, 15) is 0 Å². The summed E-state index contributed by atoms with van der Waals surface area (Å²) >= 11 is 12.0. The Hall–Kier alpha value is 0.797. The monoisotopic (exact) mass is 240 g/mol. The second kappa shape index (κ2) is 8.13. The van der Waals surface area contributed by atoms with Crippen molar-refractivity contribution in [2.24, 2.45) is 0 Å². The average molecular weight is 241 g/mol. The summed E-state index contributed by atoms with van der Waals surface area (Å²) in [4.78, 5) is 0. The van der Waals surface area contributed by atoms with Gasteiger partial charge >= 0.3 is 0 Å². The van der Waals surface area contributed by atoms with Gasteiger partial charge in [0.05, 0.1) is 0 Å². The highest BCUT2D eigenvalue weighted by molar-refractivity contribution is 7.44. The molecule has 0 nitrogen and oxygen atoms in total. The largest absolute Gasteiger partial charge is 0.248 e. The van der Waals surface area contributed by atoms with Gasteiger partial charge in [0.1, 0.15) is 0 Å². The first-order chi connectivity index (χ1) is 6.06. The van der Waals surface area contributed by atoms with Crippen molar-refractivity contribution in [2.75, 3.05) is 0 Å². The van der Waals surface area contributed by atoms with Gasteiger partial charge in [-0.05, 0) is 12.6 Å². The Balaban J connectivity index is 3.00. The summed E-state index contributed by atoms with van der Waals surface area (Å²) in [6.45, 7) is 2.47. The minimum Gasteiger partial charge on any atom is -0.146 e. The van der Waals surface area contributed by atoms with E-state index in [-0.39, 0.29) is 0 Å². The first-order valence-electron chi connectivity index (χ1n) is 5.44. The molecule has 0 rings (SSSR count). The molecule has 0 heterocycles. The van der Waals surface area contributed by atoms with Crippen LogP contribution in [0.1, 0.15) is 51.9 Å². The highest BCUT2D eigenvalue weighted by Gasteiger charge is 2.19. The number of hydrogen-bond acceptors (Lipinski definition) is 0. The normalized spacial score (nSPS) is 12.0. The van der Waals surface area contributed by atoms with Crippen LogP contribution >= 0.6 is 22.2 Å². The van der Waals surface area contributed by atoms with Crippen molar-refractivity contribution < 1.29 is 0 Å². The fourth-order valence-corrected chi connectivity index (χ4v) is 3.07. The van der Waals surface area contributed by atoms with Crippen molar-refractivity contribution in [1.82, 2.24) is 0 Å². The average Bonchev–Trinajstić information content (AvgIpc) is 2.01. The van der Waals surface area contributed by atoms with Gasteiger partial charge in [-0.25, -0.2) is 0 Å². The van der Waals surface area contributed by atoms with E-state index in [0.29, 0.717) is 0 Å². The van der Waals surface area contributed by atoms with Crippen molar-refractivity contribution in [1.29, 1.82) is 0 Å². The predicted octanol–water partition coefficient (Wildman–Crippen LogP) is 5.29. The van der Waals surface area contributed by atoms with Crippen molar-refractivity contribution in [3.63, 3.8) is 0 Å². The SMILES string of the molecule is CCCCCCCCC[Si](C)(Cl)Cl. The van der Waals surface area contributed by atoms with Crippen LogP contribution in [0.25, 0.3) is 0 Å². The molecule has 0 unspecified atom stereocenters.